The monoisotopic (exact) mass is 434 g/mol. The first-order chi connectivity index (χ1) is 15.5. The van der Waals surface area contributed by atoms with Gasteiger partial charge >= 0.3 is 0 Å². The Kier molecular flexibility index (Phi) is 6.19. The molecule has 4 rings (SSSR count). The zero-order chi connectivity index (χ0) is 22.8. The molecule has 2 atom stereocenters. The van der Waals surface area contributed by atoms with Crippen molar-refractivity contribution < 1.29 is 4.74 Å². The van der Waals surface area contributed by atoms with Crippen LogP contribution in [0.2, 0.25) is 0 Å². The number of methoxy groups -OCH3 is 1. The zero-order valence-electron chi connectivity index (χ0n) is 19.2. The smallest absolute Gasteiger partial charge is 0.267 e. The van der Waals surface area contributed by atoms with Crippen LogP contribution < -0.4 is 15.2 Å². The Morgan fingerprint density at radius 3 is 2.69 bits per heavy atom. The molecule has 1 saturated heterocycles. The highest BCUT2D eigenvalue weighted by atomic mass is 16.5. The first kappa shape index (κ1) is 21.9. The Morgan fingerprint density at radius 1 is 1.28 bits per heavy atom. The van der Waals surface area contributed by atoms with Crippen molar-refractivity contribution in [3.63, 3.8) is 0 Å². The Balaban J connectivity index is 1.62. The van der Waals surface area contributed by atoms with Crippen molar-refractivity contribution >= 4 is 11.3 Å². The Hall–Kier alpha value is -3.31. The summed E-state index contributed by atoms with van der Waals surface area (Å²) in [7, 11) is 3.41. The predicted octanol–water partition coefficient (Wildman–Crippen LogP) is 2.77. The number of aryl methyl sites for hydroxylation is 1. The van der Waals surface area contributed by atoms with Crippen LogP contribution in [0, 0.1) is 11.3 Å². The molecule has 0 amide bonds. The van der Waals surface area contributed by atoms with E-state index in [2.05, 4.69) is 46.8 Å². The molecule has 1 aromatic carbocycles. The molecular weight excluding hydrogens is 404 g/mol. The van der Waals surface area contributed by atoms with E-state index in [1.54, 1.807) is 30.9 Å². The van der Waals surface area contributed by atoms with Crippen LogP contribution in [0.3, 0.4) is 0 Å². The number of hydrogen-bond donors (Lipinski definition) is 0. The summed E-state index contributed by atoms with van der Waals surface area (Å²) in [6.07, 6.45) is 2.96. The van der Waals surface area contributed by atoms with Crippen LogP contribution in [0.25, 0.3) is 5.65 Å². The van der Waals surface area contributed by atoms with Gasteiger partial charge in [0.15, 0.2) is 5.65 Å². The maximum atomic E-state index is 12.7. The number of imidazole rings is 1. The Morgan fingerprint density at radius 2 is 2.03 bits per heavy atom. The minimum absolute atomic E-state index is 0.0858. The van der Waals surface area contributed by atoms with Crippen molar-refractivity contribution in [2.75, 3.05) is 31.6 Å². The summed E-state index contributed by atoms with van der Waals surface area (Å²) in [4.78, 5) is 22.2. The molecular formula is C24H30N6O2. The lowest BCUT2D eigenvalue weighted by Gasteiger charge is -2.44. The summed E-state index contributed by atoms with van der Waals surface area (Å²) in [5.74, 6) is 0.863. The lowest BCUT2D eigenvalue weighted by molar-refractivity contribution is 0.169. The SMILES string of the molecule is CCC1CN(C(C)c2ccc(OC)cc2)CCN1c1cc(=O)n(C)n2cc(CC#N)nc12. The van der Waals surface area contributed by atoms with Gasteiger partial charge in [-0.15, -0.1) is 0 Å². The van der Waals surface area contributed by atoms with Gasteiger partial charge < -0.3 is 9.64 Å². The number of hydrogen-bond acceptors (Lipinski definition) is 6. The number of fused-ring (bicyclic) bond motifs is 1. The number of piperazine rings is 1. The van der Waals surface area contributed by atoms with Crippen molar-refractivity contribution in [1.82, 2.24) is 19.1 Å². The summed E-state index contributed by atoms with van der Waals surface area (Å²) in [5, 5.41) is 9.08. The molecule has 0 aliphatic carbocycles. The molecule has 168 valence electrons. The number of ether oxygens (including phenoxy) is 1. The van der Waals surface area contributed by atoms with E-state index in [1.165, 1.54) is 10.2 Å². The summed E-state index contributed by atoms with van der Waals surface area (Å²) in [6.45, 7) is 7.02. The van der Waals surface area contributed by atoms with Crippen molar-refractivity contribution in [1.29, 1.82) is 5.26 Å². The normalized spacial score (nSPS) is 18.0. The lowest BCUT2D eigenvalue weighted by Crippen LogP contribution is -2.54. The predicted molar refractivity (Wildman–Crippen MR) is 124 cm³/mol. The lowest BCUT2D eigenvalue weighted by atomic mass is 10.0. The molecule has 1 fully saturated rings. The molecule has 32 heavy (non-hydrogen) atoms. The minimum atomic E-state index is -0.0858. The average Bonchev–Trinajstić information content (AvgIpc) is 3.25. The van der Waals surface area contributed by atoms with Gasteiger partial charge in [-0.2, -0.15) is 5.26 Å². The molecule has 2 unspecified atom stereocenters. The number of nitriles is 1. The van der Waals surface area contributed by atoms with Gasteiger partial charge in [0.25, 0.3) is 5.56 Å². The maximum absolute atomic E-state index is 12.7. The molecule has 3 aromatic rings. The molecule has 0 bridgehead atoms. The van der Waals surface area contributed by atoms with Gasteiger partial charge in [-0.1, -0.05) is 19.1 Å². The molecule has 0 spiro atoms. The van der Waals surface area contributed by atoms with Gasteiger partial charge in [-0.05, 0) is 31.0 Å². The molecule has 0 saturated carbocycles. The molecule has 2 aromatic heterocycles. The zero-order valence-corrected chi connectivity index (χ0v) is 19.2. The first-order valence-corrected chi connectivity index (χ1v) is 11.1. The fraction of sp³-hybridized carbons (Fsp3) is 0.458. The fourth-order valence-corrected chi connectivity index (χ4v) is 4.57. The van der Waals surface area contributed by atoms with E-state index in [9.17, 15) is 4.79 Å². The van der Waals surface area contributed by atoms with Gasteiger partial charge in [0.1, 0.15) is 5.75 Å². The summed E-state index contributed by atoms with van der Waals surface area (Å²) in [6, 6.07) is 12.6. The highest BCUT2D eigenvalue weighted by Gasteiger charge is 2.31. The largest absolute Gasteiger partial charge is 0.497 e. The number of anilines is 1. The van der Waals surface area contributed by atoms with Crippen molar-refractivity contribution in [2.24, 2.45) is 7.05 Å². The van der Waals surface area contributed by atoms with E-state index in [-0.39, 0.29) is 24.1 Å². The van der Waals surface area contributed by atoms with Crippen LogP contribution in [0.1, 0.15) is 37.6 Å². The number of benzene rings is 1. The van der Waals surface area contributed by atoms with Crippen molar-refractivity contribution in [3.8, 4) is 11.8 Å². The molecule has 0 radical (unpaired) electrons. The summed E-state index contributed by atoms with van der Waals surface area (Å²) >= 11 is 0. The average molecular weight is 435 g/mol. The van der Waals surface area contributed by atoms with Gasteiger partial charge in [0.2, 0.25) is 0 Å². The second-order valence-electron chi connectivity index (χ2n) is 8.33. The molecule has 1 aliphatic rings. The summed E-state index contributed by atoms with van der Waals surface area (Å²) in [5.41, 5.74) is 3.43. The number of nitrogens with zero attached hydrogens (tertiary/aromatic N) is 6. The topological polar surface area (TPSA) is 78.8 Å². The van der Waals surface area contributed by atoms with E-state index in [1.807, 2.05) is 12.1 Å². The van der Waals surface area contributed by atoms with Crippen LogP contribution in [-0.2, 0) is 13.5 Å². The second kappa shape index (κ2) is 9.05. The van der Waals surface area contributed by atoms with E-state index in [0.717, 1.165) is 43.1 Å². The fourth-order valence-electron chi connectivity index (χ4n) is 4.57. The van der Waals surface area contributed by atoms with Gasteiger partial charge in [-0.25, -0.2) is 14.2 Å². The van der Waals surface area contributed by atoms with Crippen molar-refractivity contribution in [2.45, 2.75) is 38.8 Å². The second-order valence-corrected chi connectivity index (χ2v) is 8.33. The molecule has 3 heterocycles. The van der Waals surface area contributed by atoms with E-state index in [0.29, 0.717) is 5.69 Å². The first-order valence-electron chi connectivity index (χ1n) is 11.1. The Bertz CT molecular complexity index is 1190. The third kappa shape index (κ3) is 3.96. The number of aromatic nitrogens is 3. The van der Waals surface area contributed by atoms with E-state index in [4.69, 9.17) is 10.00 Å². The molecule has 1 aliphatic heterocycles. The van der Waals surface area contributed by atoms with E-state index < -0.39 is 0 Å². The van der Waals surface area contributed by atoms with Crippen LogP contribution in [0.15, 0.2) is 41.3 Å². The Labute approximate surface area is 188 Å². The molecule has 8 nitrogen and oxygen atoms in total. The molecule has 0 N–H and O–H groups in total. The van der Waals surface area contributed by atoms with Crippen LogP contribution in [0.5, 0.6) is 5.75 Å². The maximum Gasteiger partial charge on any atom is 0.267 e. The molecule has 8 heteroatoms. The van der Waals surface area contributed by atoms with Crippen LogP contribution in [0.4, 0.5) is 5.69 Å². The quantitative estimate of drug-likeness (QED) is 0.594. The van der Waals surface area contributed by atoms with Gasteiger partial charge in [0.05, 0.1) is 37.2 Å². The van der Waals surface area contributed by atoms with Crippen molar-refractivity contribution in [3.05, 3.63) is 58.1 Å². The third-order valence-electron chi connectivity index (χ3n) is 6.57. The van der Waals surface area contributed by atoms with Crippen LogP contribution in [-0.4, -0.2) is 51.9 Å². The highest BCUT2D eigenvalue weighted by Crippen LogP contribution is 2.30. The van der Waals surface area contributed by atoms with Crippen LogP contribution >= 0.6 is 0 Å². The third-order valence-corrected chi connectivity index (χ3v) is 6.57. The van der Waals surface area contributed by atoms with Gasteiger partial charge in [0, 0.05) is 44.8 Å². The highest BCUT2D eigenvalue weighted by molar-refractivity contribution is 5.69. The summed E-state index contributed by atoms with van der Waals surface area (Å²) < 4.78 is 8.59. The standard InChI is InChI=1S/C24H30N6O2/c1-5-20-16-28(17(2)18-6-8-21(32-4)9-7-18)12-13-29(20)22-14-23(31)27(3)30-15-19(10-11-25)26-24(22)30/h6-9,14-15,17,20H,5,10,12-13,16H2,1-4H3. The minimum Gasteiger partial charge on any atom is -0.497 e. The van der Waals surface area contributed by atoms with Gasteiger partial charge in [-0.3, -0.25) is 9.69 Å². The number of rotatable bonds is 6. The van der Waals surface area contributed by atoms with E-state index >= 15 is 0 Å².